The maximum Gasteiger partial charge on any atom is 0.251 e. The van der Waals surface area contributed by atoms with E-state index in [9.17, 15) is 4.79 Å². The number of nitrogens with one attached hydrogen (secondary N) is 1. The van der Waals surface area contributed by atoms with Gasteiger partial charge in [-0.1, -0.05) is 48.9 Å². The molecule has 1 heterocycles. The summed E-state index contributed by atoms with van der Waals surface area (Å²) in [6.07, 6.45) is 1.77. The first-order valence-electron chi connectivity index (χ1n) is 9.82. The van der Waals surface area contributed by atoms with Gasteiger partial charge in [-0.15, -0.1) is 5.10 Å². The molecule has 0 saturated heterocycles. The van der Waals surface area contributed by atoms with Crippen LogP contribution in [0, 0.1) is 6.92 Å². The summed E-state index contributed by atoms with van der Waals surface area (Å²) >= 11 is 0. The average molecular weight is 393 g/mol. The predicted octanol–water partition coefficient (Wildman–Crippen LogP) is 4.13. The molecule has 0 saturated carbocycles. The molecule has 3 aromatic rings. The summed E-state index contributed by atoms with van der Waals surface area (Å²) in [7, 11) is 1.62. The first-order chi connectivity index (χ1) is 13.9. The van der Waals surface area contributed by atoms with Gasteiger partial charge in [-0.25, -0.2) is 4.68 Å². The van der Waals surface area contributed by atoms with E-state index in [0.29, 0.717) is 12.2 Å². The third kappa shape index (κ3) is 4.90. The van der Waals surface area contributed by atoms with E-state index >= 15 is 0 Å². The maximum atomic E-state index is 12.9. The summed E-state index contributed by atoms with van der Waals surface area (Å²) in [5.74, 6) is 0.114. The van der Waals surface area contributed by atoms with Gasteiger partial charge in [-0.05, 0) is 49.1 Å². The van der Waals surface area contributed by atoms with Crippen LogP contribution in [0.5, 0.6) is 0 Å². The summed E-state index contributed by atoms with van der Waals surface area (Å²) in [6.45, 7) is 8.62. The van der Waals surface area contributed by atoms with Gasteiger partial charge in [0.2, 0.25) is 0 Å². The topological polar surface area (TPSA) is 69.0 Å². The number of benzene rings is 2. The molecule has 0 aliphatic rings. The normalized spacial score (nSPS) is 12.2. The number of aromatic nitrogens is 3. The monoisotopic (exact) mass is 392 g/mol. The third-order valence-electron chi connectivity index (χ3n) is 4.77. The van der Waals surface area contributed by atoms with Gasteiger partial charge in [0.1, 0.15) is 0 Å². The lowest BCUT2D eigenvalue weighted by Gasteiger charge is -2.16. The zero-order valence-corrected chi connectivity index (χ0v) is 17.6. The Morgan fingerprint density at radius 2 is 1.83 bits per heavy atom. The van der Waals surface area contributed by atoms with E-state index < -0.39 is 0 Å². The van der Waals surface area contributed by atoms with Crippen molar-refractivity contribution in [1.29, 1.82) is 0 Å². The van der Waals surface area contributed by atoms with Gasteiger partial charge in [-0.3, -0.25) is 4.79 Å². The Bertz CT molecular complexity index is 977. The van der Waals surface area contributed by atoms with Gasteiger partial charge in [0.05, 0.1) is 24.2 Å². The molecule has 3 rings (SSSR count). The summed E-state index contributed by atoms with van der Waals surface area (Å²) in [4.78, 5) is 12.9. The van der Waals surface area contributed by atoms with Crippen molar-refractivity contribution < 1.29 is 9.53 Å². The lowest BCUT2D eigenvalue weighted by Crippen LogP contribution is -2.35. The molecule has 0 radical (unpaired) electrons. The maximum absolute atomic E-state index is 12.9. The van der Waals surface area contributed by atoms with Gasteiger partial charge >= 0.3 is 0 Å². The van der Waals surface area contributed by atoms with Crippen LogP contribution in [0.4, 0.5) is 0 Å². The van der Waals surface area contributed by atoms with Crippen molar-refractivity contribution >= 4 is 5.91 Å². The molecular formula is C23H28N4O2. The van der Waals surface area contributed by atoms with Crippen LogP contribution in [0.25, 0.3) is 16.8 Å². The third-order valence-corrected chi connectivity index (χ3v) is 4.77. The molecule has 6 heteroatoms. The molecule has 1 aromatic heterocycles. The van der Waals surface area contributed by atoms with Crippen molar-refractivity contribution in [2.24, 2.45) is 0 Å². The predicted molar refractivity (Wildman–Crippen MR) is 114 cm³/mol. The van der Waals surface area contributed by atoms with Crippen LogP contribution < -0.4 is 5.32 Å². The highest BCUT2D eigenvalue weighted by molar-refractivity contribution is 5.96. The largest absolute Gasteiger partial charge is 0.383 e. The number of carbonyl (C=O) groups excluding carboxylic acids is 1. The fraction of sp³-hybridized carbons (Fsp3) is 0.348. The number of ether oxygens (including phenoxy) is 1. The molecule has 0 bridgehead atoms. The second-order valence-corrected chi connectivity index (χ2v) is 7.69. The molecule has 0 aliphatic carbocycles. The van der Waals surface area contributed by atoms with Crippen molar-refractivity contribution in [2.75, 3.05) is 13.7 Å². The number of amides is 1. The van der Waals surface area contributed by atoms with Crippen LogP contribution in [0.3, 0.4) is 0 Å². The highest BCUT2D eigenvalue weighted by Crippen LogP contribution is 2.26. The van der Waals surface area contributed by atoms with E-state index in [4.69, 9.17) is 4.74 Å². The summed E-state index contributed by atoms with van der Waals surface area (Å²) in [6, 6.07) is 14.0. The molecule has 6 nitrogen and oxygen atoms in total. The van der Waals surface area contributed by atoms with Crippen LogP contribution in [0.1, 0.15) is 48.3 Å². The van der Waals surface area contributed by atoms with E-state index in [0.717, 1.165) is 22.5 Å². The Kier molecular flexibility index (Phi) is 6.44. The molecule has 1 N–H and O–H groups in total. The summed E-state index contributed by atoms with van der Waals surface area (Å²) in [5, 5.41) is 11.3. The summed E-state index contributed by atoms with van der Waals surface area (Å²) in [5.41, 5.74) is 5.57. The Hall–Kier alpha value is -2.99. The van der Waals surface area contributed by atoms with Gasteiger partial charge in [0.15, 0.2) is 0 Å². The molecule has 0 spiro atoms. The Balaban J connectivity index is 2.08. The smallest absolute Gasteiger partial charge is 0.251 e. The van der Waals surface area contributed by atoms with Crippen LogP contribution in [-0.2, 0) is 4.74 Å². The Morgan fingerprint density at radius 3 is 2.48 bits per heavy atom. The SMILES string of the molecule is COCC(C)NC(=O)c1cc(-c2ccc(C)cc2)cc(-n2nncc2C(C)C)c1. The number of hydrogen-bond acceptors (Lipinski definition) is 4. The molecule has 2 aromatic carbocycles. The lowest BCUT2D eigenvalue weighted by molar-refractivity contribution is 0.0905. The second kappa shape index (κ2) is 9.01. The quantitative estimate of drug-likeness (QED) is 0.656. The minimum absolute atomic E-state index is 0.0865. The van der Waals surface area contributed by atoms with E-state index in [-0.39, 0.29) is 17.9 Å². The number of rotatable bonds is 7. The second-order valence-electron chi connectivity index (χ2n) is 7.69. The van der Waals surface area contributed by atoms with Gasteiger partial charge in [0.25, 0.3) is 5.91 Å². The molecule has 29 heavy (non-hydrogen) atoms. The number of hydrogen-bond donors (Lipinski definition) is 1. The molecular weight excluding hydrogens is 364 g/mol. The Morgan fingerprint density at radius 1 is 1.10 bits per heavy atom. The van der Waals surface area contributed by atoms with E-state index in [1.807, 2.05) is 25.1 Å². The molecule has 152 valence electrons. The first-order valence-corrected chi connectivity index (χ1v) is 9.82. The van der Waals surface area contributed by atoms with Crippen molar-refractivity contribution in [3.63, 3.8) is 0 Å². The van der Waals surface area contributed by atoms with Crippen molar-refractivity contribution in [1.82, 2.24) is 20.3 Å². The number of aryl methyl sites for hydroxylation is 1. The van der Waals surface area contributed by atoms with Gasteiger partial charge in [-0.2, -0.15) is 0 Å². The minimum atomic E-state index is -0.143. The highest BCUT2D eigenvalue weighted by Gasteiger charge is 2.16. The van der Waals surface area contributed by atoms with Crippen molar-refractivity contribution in [3.05, 3.63) is 65.5 Å². The molecule has 0 aliphatic heterocycles. The molecule has 1 atom stereocenters. The van der Waals surface area contributed by atoms with E-state index in [2.05, 4.69) is 60.7 Å². The van der Waals surface area contributed by atoms with E-state index in [1.165, 1.54) is 5.56 Å². The number of carbonyl (C=O) groups is 1. The van der Waals surface area contributed by atoms with Gasteiger partial charge < -0.3 is 10.1 Å². The first kappa shape index (κ1) is 20.7. The lowest BCUT2D eigenvalue weighted by atomic mass is 10.00. The minimum Gasteiger partial charge on any atom is -0.383 e. The number of methoxy groups -OCH3 is 1. The zero-order chi connectivity index (χ0) is 21.0. The fourth-order valence-electron chi connectivity index (χ4n) is 3.21. The van der Waals surface area contributed by atoms with Gasteiger partial charge in [0, 0.05) is 18.7 Å². The Labute approximate surface area is 171 Å². The van der Waals surface area contributed by atoms with Crippen molar-refractivity contribution in [3.8, 4) is 16.8 Å². The standard InChI is InChI=1S/C23H28N4O2/c1-15(2)22-13-24-26-27(22)21-11-19(18-8-6-16(3)7-9-18)10-20(12-21)23(28)25-17(4)14-29-5/h6-13,15,17H,14H2,1-5H3,(H,25,28). The average Bonchev–Trinajstić information content (AvgIpc) is 3.18. The highest BCUT2D eigenvalue weighted by atomic mass is 16.5. The molecule has 1 unspecified atom stereocenters. The molecule has 0 fully saturated rings. The van der Waals surface area contributed by atoms with Crippen LogP contribution in [0.2, 0.25) is 0 Å². The molecule has 1 amide bonds. The van der Waals surface area contributed by atoms with Crippen LogP contribution in [0.15, 0.2) is 48.7 Å². The van der Waals surface area contributed by atoms with Crippen LogP contribution >= 0.6 is 0 Å². The van der Waals surface area contributed by atoms with Crippen LogP contribution in [-0.4, -0.2) is 40.7 Å². The summed E-state index contributed by atoms with van der Waals surface area (Å²) < 4.78 is 6.94. The van der Waals surface area contributed by atoms with Crippen molar-refractivity contribution in [2.45, 2.75) is 39.7 Å². The zero-order valence-electron chi connectivity index (χ0n) is 17.6. The fourth-order valence-corrected chi connectivity index (χ4v) is 3.21. The number of nitrogens with zero attached hydrogens (tertiary/aromatic N) is 3. The van der Waals surface area contributed by atoms with E-state index in [1.54, 1.807) is 18.0 Å².